The van der Waals surface area contributed by atoms with Crippen LogP contribution in [0, 0.1) is 27.7 Å². The van der Waals surface area contributed by atoms with Crippen molar-refractivity contribution >= 4 is 139 Å². The first-order valence-corrected chi connectivity index (χ1v) is 36.3. The number of carbonyl (C=O) groups is 5. The van der Waals surface area contributed by atoms with E-state index in [0.29, 0.717) is 112 Å². The Morgan fingerprint density at radius 1 is 0.602 bits per heavy atom. The average Bonchev–Trinajstić information content (AvgIpc) is 2.37. The fourth-order valence-electron chi connectivity index (χ4n) is 8.65. The van der Waals surface area contributed by atoms with Gasteiger partial charge in [-0.3, -0.25) is 19.2 Å². The number of thiophene rings is 4. The zero-order valence-electron chi connectivity index (χ0n) is 52.2. The smallest absolute Gasteiger partial charge is 1.00 e. The summed E-state index contributed by atoms with van der Waals surface area (Å²) in [5.41, 5.74) is 4.27. The van der Waals surface area contributed by atoms with E-state index in [4.69, 9.17) is 55.7 Å². The van der Waals surface area contributed by atoms with Crippen LogP contribution in [0.5, 0.6) is 0 Å². The van der Waals surface area contributed by atoms with Gasteiger partial charge in [0.25, 0.3) is 18.3 Å². The van der Waals surface area contributed by atoms with E-state index < -0.39 is 35.4 Å². The molecule has 1 aliphatic rings. The van der Waals surface area contributed by atoms with Gasteiger partial charge in [-0.05, 0) is 157 Å². The molecule has 23 nitrogen and oxygen atoms in total. The SMILES string of the molecule is CCO[Si](CCCS)(OCC)OCC.CCO[Si](CCCSC(=O)c1nc(-c2ccc(C)s2)c2nonc2c1-c1ccc(C)s1)(OCC)OCC.Cc1ccc(-c2nc(C(=O)ON3C(=O)CCC3=O)c(-c3ccc(C)s3)c3nonc23)s1.O=CO[O-].[H-].[K+].[K+]. The van der Waals surface area contributed by atoms with E-state index in [0.717, 1.165) is 58.8 Å². The first kappa shape index (κ1) is 78.2. The molecule has 0 aromatic carbocycles. The van der Waals surface area contributed by atoms with E-state index in [-0.39, 0.29) is 134 Å². The first-order valence-electron chi connectivity index (χ1n) is 27.5. The van der Waals surface area contributed by atoms with Crippen molar-refractivity contribution in [3.8, 4) is 42.0 Å². The number of thioether (sulfide) groups is 1. The molecule has 2 amide bonds. The van der Waals surface area contributed by atoms with Gasteiger partial charge in [-0.1, -0.05) is 11.8 Å². The minimum atomic E-state index is -2.75. The summed E-state index contributed by atoms with van der Waals surface area (Å²) in [7, 11) is -5.12. The third kappa shape index (κ3) is 21.1. The number of aromatic nitrogens is 6. The Hall–Kier alpha value is -2.22. The monoisotopic (exact) mass is 1410 g/mol. The number of imide groups is 1. The molecule has 1 saturated heterocycles. The van der Waals surface area contributed by atoms with Crippen LogP contribution < -0.4 is 108 Å². The largest absolute Gasteiger partial charge is 1.00 e. The molecule has 8 aromatic rings. The van der Waals surface area contributed by atoms with Gasteiger partial charge < -0.3 is 43.0 Å². The minimum Gasteiger partial charge on any atom is -1.00 e. The number of rotatable bonds is 27. The quantitative estimate of drug-likeness (QED) is 0.0121. The molecular weight excluding hydrogens is 1340 g/mol. The second kappa shape index (κ2) is 39.5. The molecule has 9 rings (SSSR count). The van der Waals surface area contributed by atoms with Crippen molar-refractivity contribution < 1.29 is 179 Å². The number of amides is 2. The number of carbonyl (C=O) groups excluding carboxylic acids is 5. The van der Waals surface area contributed by atoms with Crippen LogP contribution in [-0.2, 0) is 50.7 Å². The Labute approximate surface area is 624 Å². The molecule has 8 aromatic heterocycles. The van der Waals surface area contributed by atoms with Gasteiger partial charge in [-0.25, -0.2) is 24.0 Å². The summed E-state index contributed by atoms with van der Waals surface area (Å²) >= 11 is 11.5. The summed E-state index contributed by atoms with van der Waals surface area (Å²) < 4.78 is 45.0. The van der Waals surface area contributed by atoms with Crippen molar-refractivity contribution in [3.63, 3.8) is 0 Å². The van der Waals surface area contributed by atoms with Gasteiger partial charge >= 0.3 is 126 Å². The number of hydroxylamine groups is 2. The normalized spacial score (nSPS) is 12.2. The molecule has 9 heterocycles. The second-order valence-corrected chi connectivity index (χ2v) is 30.2. The van der Waals surface area contributed by atoms with Crippen molar-refractivity contribution in [3.05, 3.63) is 79.4 Å². The zero-order chi connectivity index (χ0) is 62.4. The molecule has 0 atom stereocenters. The van der Waals surface area contributed by atoms with Gasteiger partial charge in [-0.15, -0.1) is 50.4 Å². The van der Waals surface area contributed by atoms with Crippen LogP contribution in [0.3, 0.4) is 0 Å². The molecule has 466 valence electrons. The predicted octanol–water partition coefficient (Wildman–Crippen LogP) is 5.83. The number of pyridine rings is 2. The van der Waals surface area contributed by atoms with Gasteiger partial charge in [0, 0.05) is 99.6 Å². The summed E-state index contributed by atoms with van der Waals surface area (Å²) in [6.07, 6.45) is 1.71. The van der Waals surface area contributed by atoms with Crippen molar-refractivity contribution in [2.24, 2.45) is 0 Å². The zero-order valence-corrected chi connectivity index (χ0v) is 64.5. The molecule has 0 radical (unpaired) electrons. The van der Waals surface area contributed by atoms with E-state index in [9.17, 15) is 19.2 Å². The van der Waals surface area contributed by atoms with Crippen LogP contribution in [0.2, 0.25) is 12.1 Å². The van der Waals surface area contributed by atoms with Gasteiger partial charge in [0.2, 0.25) is 5.12 Å². The summed E-state index contributed by atoms with van der Waals surface area (Å²) in [5.74, 6) is -0.616. The topological polar surface area (TPSA) is 289 Å². The number of fused-ring (bicyclic) bond motifs is 2. The molecule has 0 bridgehead atoms. The van der Waals surface area contributed by atoms with Crippen molar-refractivity contribution in [2.45, 2.75) is 107 Å². The number of hydrogen-bond acceptors (Lipinski definition) is 28. The predicted molar refractivity (Wildman–Crippen MR) is 337 cm³/mol. The maximum atomic E-state index is 13.6. The number of aryl methyl sites for hydroxylation is 4. The van der Waals surface area contributed by atoms with Gasteiger partial charge in [0.05, 0.1) is 20.9 Å². The fraction of sp³-hybridized carbons (Fsp3) is 0.436. The van der Waals surface area contributed by atoms with E-state index >= 15 is 0 Å². The Morgan fingerprint density at radius 2 is 0.955 bits per heavy atom. The number of hydrogen-bond donors (Lipinski definition) is 1. The van der Waals surface area contributed by atoms with Crippen molar-refractivity contribution in [1.29, 1.82) is 0 Å². The van der Waals surface area contributed by atoms with Gasteiger partial charge in [-0.2, -0.15) is 12.6 Å². The molecular formula is C55H69K2N7O16S6Si2. The molecule has 0 spiro atoms. The van der Waals surface area contributed by atoms with Gasteiger partial charge in [0.15, 0.2) is 16.7 Å². The van der Waals surface area contributed by atoms with Crippen LogP contribution >= 0.6 is 69.7 Å². The Kier molecular flexibility index (Phi) is 35.1. The molecule has 33 heteroatoms. The fourth-order valence-corrected chi connectivity index (χ4v) is 18.9. The van der Waals surface area contributed by atoms with Crippen LogP contribution in [0.15, 0.2) is 57.8 Å². The maximum absolute atomic E-state index is 13.6. The molecule has 0 N–H and O–H groups in total. The van der Waals surface area contributed by atoms with Crippen molar-refractivity contribution in [1.82, 2.24) is 35.7 Å². The van der Waals surface area contributed by atoms with Crippen LogP contribution in [0.1, 0.15) is 109 Å². The molecule has 88 heavy (non-hydrogen) atoms. The summed E-state index contributed by atoms with van der Waals surface area (Å²) in [6, 6.07) is 17.1. The maximum Gasteiger partial charge on any atom is 1.00 e. The van der Waals surface area contributed by atoms with E-state index in [1.807, 2.05) is 118 Å². The summed E-state index contributed by atoms with van der Waals surface area (Å²) in [4.78, 5) is 84.2. The Morgan fingerprint density at radius 3 is 1.31 bits per heavy atom. The molecule has 0 unspecified atom stereocenters. The first-order chi connectivity index (χ1) is 41.5. The van der Waals surface area contributed by atoms with Crippen molar-refractivity contribution in [2.75, 3.05) is 51.1 Å². The molecule has 0 aliphatic carbocycles. The third-order valence-electron chi connectivity index (χ3n) is 12.0. The molecule has 0 saturated carbocycles. The number of thiol groups is 1. The summed E-state index contributed by atoms with van der Waals surface area (Å²) in [6.45, 7) is 23.1. The minimum absolute atomic E-state index is 0. The third-order valence-corrected chi connectivity index (χ3v) is 23.7. The Bertz CT molecular complexity index is 3480. The Balaban J connectivity index is 0.000000360. The molecule has 1 fully saturated rings. The van der Waals surface area contributed by atoms with E-state index in [2.05, 4.69) is 43.1 Å². The number of nitrogens with zero attached hydrogens (tertiary/aromatic N) is 7. The van der Waals surface area contributed by atoms with Crippen LogP contribution in [0.4, 0.5) is 0 Å². The van der Waals surface area contributed by atoms with Crippen LogP contribution in [0.25, 0.3) is 64.1 Å². The van der Waals surface area contributed by atoms with Gasteiger partial charge in [0.1, 0.15) is 28.1 Å². The summed E-state index contributed by atoms with van der Waals surface area (Å²) in [5, 5.41) is 25.2. The van der Waals surface area contributed by atoms with Crippen LogP contribution in [-0.4, -0.2) is 134 Å². The van der Waals surface area contributed by atoms with E-state index in [1.165, 1.54) is 34.4 Å². The molecule has 1 aliphatic heterocycles. The van der Waals surface area contributed by atoms with E-state index in [1.54, 1.807) is 22.7 Å². The average molecular weight is 1410 g/mol. The second-order valence-electron chi connectivity index (χ2n) is 18.1. The standard InChI is InChI=1S/C25H31N3O5S3Si.C20H14N4O5S2.C9H22O3SSi.CH2O3.2K.H/c1-6-30-37(31-7-2,32-8-3)15-9-14-34-25(29)23-20(18-12-10-16(4)35-18)22-24(28-33-27-22)21(26-23)19-13-11-17(5)36-19;1-9-3-5-11(30-9)15-17-19(23-29-22-17)16(12-6-4-10(2)31-12)21-18(15)20(27)28-24-13(25)7-8-14(24)26;1-4-10-14(11-5-2,12-6-3)9-7-8-13;2-1-4-3;;;/h10-13H,6-9,14-15H2,1-5H3;3-6H,7-8H2,1-2H3;13H,4-9H2,1-3H3;1,3H;;;/q;;;;2*+1;-1/p-1.